The Morgan fingerprint density at radius 2 is 2.06 bits per heavy atom. The zero-order valence-corrected chi connectivity index (χ0v) is 9.80. The first kappa shape index (κ1) is 14.2. The molecule has 0 aliphatic carbocycles. The van der Waals surface area contributed by atoms with Crippen LogP contribution in [0.4, 0.5) is 4.79 Å². The molecule has 0 saturated carbocycles. The van der Waals surface area contributed by atoms with Crippen LogP contribution in [0.3, 0.4) is 0 Å². The van der Waals surface area contributed by atoms with Crippen molar-refractivity contribution in [2.75, 3.05) is 20.1 Å². The van der Waals surface area contributed by atoms with Gasteiger partial charge in [0.05, 0.1) is 12.5 Å². The normalized spacial score (nSPS) is 11.4. The highest BCUT2D eigenvalue weighted by Crippen LogP contribution is 2.05. The lowest BCUT2D eigenvalue weighted by molar-refractivity contribution is -0.137. The summed E-state index contributed by atoms with van der Waals surface area (Å²) in [5.41, 5.74) is 0. The number of hydrogen-bond donors (Lipinski definition) is 1. The first-order valence-electron chi connectivity index (χ1n) is 5.04. The van der Waals surface area contributed by atoms with Crippen molar-refractivity contribution in [3.05, 3.63) is 0 Å². The lowest BCUT2D eigenvalue weighted by atomic mass is 10.2. The fourth-order valence-corrected chi connectivity index (χ4v) is 1.16. The fraction of sp³-hybridized carbons (Fsp3) is 0.700. The fourth-order valence-electron chi connectivity index (χ4n) is 1.16. The van der Waals surface area contributed by atoms with Gasteiger partial charge >= 0.3 is 12.0 Å². The highest BCUT2D eigenvalue weighted by molar-refractivity contribution is 5.80. The maximum absolute atomic E-state index is 11.8. The summed E-state index contributed by atoms with van der Waals surface area (Å²) in [6.07, 6.45) is 0.229. The summed E-state index contributed by atoms with van der Waals surface area (Å²) in [7, 11) is 1.56. The molecule has 0 fully saturated rings. The number of rotatable bonds is 5. The van der Waals surface area contributed by atoms with Gasteiger partial charge in [-0.25, -0.2) is 4.79 Å². The van der Waals surface area contributed by atoms with Gasteiger partial charge in [0.1, 0.15) is 6.54 Å². The Kier molecular flexibility index (Phi) is 5.93. The Morgan fingerprint density at radius 3 is 2.44 bits per heavy atom. The van der Waals surface area contributed by atoms with Crippen LogP contribution in [-0.4, -0.2) is 53.1 Å². The highest BCUT2D eigenvalue weighted by atomic mass is 16.4. The second kappa shape index (κ2) is 6.67. The summed E-state index contributed by atoms with van der Waals surface area (Å²) in [6.45, 7) is 3.47. The summed E-state index contributed by atoms with van der Waals surface area (Å²) < 4.78 is 0. The number of urea groups is 1. The predicted molar refractivity (Wildman–Crippen MR) is 57.7 cm³/mol. The molecule has 6 nitrogen and oxygen atoms in total. The van der Waals surface area contributed by atoms with Crippen LogP contribution in [0.2, 0.25) is 0 Å². The molecular formula is C10H17N3O3. The van der Waals surface area contributed by atoms with E-state index in [0.29, 0.717) is 6.54 Å². The number of carboxylic acids is 1. The van der Waals surface area contributed by atoms with E-state index in [9.17, 15) is 9.59 Å². The SMILES string of the molecule is CCN(CC(=O)O)C(=O)N(C)C(C)CC#N. The van der Waals surface area contributed by atoms with E-state index in [1.165, 1.54) is 9.80 Å². The van der Waals surface area contributed by atoms with E-state index in [1.807, 2.05) is 6.07 Å². The molecule has 90 valence electrons. The first-order valence-corrected chi connectivity index (χ1v) is 5.04. The number of hydrogen-bond acceptors (Lipinski definition) is 3. The van der Waals surface area contributed by atoms with Gasteiger partial charge in [-0.05, 0) is 13.8 Å². The minimum Gasteiger partial charge on any atom is -0.480 e. The largest absolute Gasteiger partial charge is 0.480 e. The Labute approximate surface area is 95.1 Å². The Balaban J connectivity index is 4.50. The third-order valence-corrected chi connectivity index (χ3v) is 2.33. The van der Waals surface area contributed by atoms with Crippen LogP contribution in [0.15, 0.2) is 0 Å². The number of aliphatic carboxylic acids is 1. The van der Waals surface area contributed by atoms with Crippen molar-refractivity contribution in [2.24, 2.45) is 0 Å². The van der Waals surface area contributed by atoms with Gasteiger partial charge in [0, 0.05) is 19.6 Å². The molecule has 0 aromatic carbocycles. The molecule has 0 saturated heterocycles. The van der Waals surface area contributed by atoms with E-state index in [-0.39, 0.29) is 25.0 Å². The third-order valence-electron chi connectivity index (χ3n) is 2.33. The Morgan fingerprint density at radius 1 is 1.50 bits per heavy atom. The molecule has 0 bridgehead atoms. The molecule has 0 aliphatic heterocycles. The van der Waals surface area contributed by atoms with Crippen molar-refractivity contribution in [2.45, 2.75) is 26.3 Å². The monoisotopic (exact) mass is 227 g/mol. The average molecular weight is 227 g/mol. The van der Waals surface area contributed by atoms with E-state index in [0.717, 1.165) is 0 Å². The minimum absolute atomic E-state index is 0.222. The molecule has 1 unspecified atom stereocenters. The van der Waals surface area contributed by atoms with Gasteiger partial charge in [-0.15, -0.1) is 0 Å². The molecule has 0 aliphatic rings. The van der Waals surface area contributed by atoms with Crippen molar-refractivity contribution in [1.82, 2.24) is 9.80 Å². The summed E-state index contributed by atoms with van der Waals surface area (Å²) in [5, 5.41) is 17.1. The zero-order chi connectivity index (χ0) is 12.7. The summed E-state index contributed by atoms with van der Waals surface area (Å²) in [4.78, 5) is 24.9. The summed E-state index contributed by atoms with van der Waals surface area (Å²) in [5.74, 6) is -1.04. The molecular weight excluding hydrogens is 210 g/mol. The summed E-state index contributed by atoms with van der Waals surface area (Å²) in [6, 6.07) is 1.38. The maximum atomic E-state index is 11.8. The van der Waals surface area contributed by atoms with Gasteiger partial charge in [0.25, 0.3) is 0 Å². The molecule has 16 heavy (non-hydrogen) atoms. The second-order valence-corrected chi connectivity index (χ2v) is 3.51. The van der Waals surface area contributed by atoms with E-state index in [2.05, 4.69) is 0 Å². The van der Waals surface area contributed by atoms with Crippen LogP contribution >= 0.6 is 0 Å². The molecule has 6 heteroatoms. The van der Waals surface area contributed by atoms with Crippen molar-refractivity contribution < 1.29 is 14.7 Å². The lowest BCUT2D eigenvalue weighted by Crippen LogP contribution is -2.46. The van der Waals surface area contributed by atoms with Gasteiger partial charge in [0.2, 0.25) is 0 Å². The number of likely N-dealkylation sites (N-methyl/N-ethyl adjacent to an activating group) is 1. The molecule has 0 spiro atoms. The average Bonchev–Trinajstić information content (AvgIpc) is 2.23. The number of amides is 2. The van der Waals surface area contributed by atoms with Gasteiger partial charge in [-0.2, -0.15) is 5.26 Å². The third kappa shape index (κ3) is 4.17. The van der Waals surface area contributed by atoms with Gasteiger partial charge in [-0.3, -0.25) is 4.79 Å². The van der Waals surface area contributed by atoms with Gasteiger partial charge < -0.3 is 14.9 Å². The van der Waals surface area contributed by atoms with E-state index in [1.54, 1.807) is 20.9 Å². The molecule has 0 radical (unpaired) electrons. The second-order valence-electron chi connectivity index (χ2n) is 3.51. The van der Waals surface area contributed by atoms with Crippen LogP contribution in [0, 0.1) is 11.3 Å². The first-order chi connectivity index (χ1) is 7.43. The molecule has 2 amide bonds. The maximum Gasteiger partial charge on any atom is 0.323 e. The van der Waals surface area contributed by atoms with Crippen LogP contribution in [0.25, 0.3) is 0 Å². The van der Waals surface area contributed by atoms with Gasteiger partial charge in [-0.1, -0.05) is 0 Å². The van der Waals surface area contributed by atoms with Crippen LogP contribution in [0.1, 0.15) is 20.3 Å². The molecule has 1 atom stereocenters. The number of nitrogens with zero attached hydrogens (tertiary/aromatic N) is 3. The van der Waals surface area contributed by atoms with E-state index in [4.69, 9.17) is 10.4 Å². The van der Waals surface area contributed by atoms with Crippen LogP contribution in [0.5, 0.6) is 0 Å². The molecule has 0 rings (SSSR count). The van der Waals surface area contributed by atoms with E-state index < -0.39 is 5.97 Å². The number of carbonyl (C=O) groups is 2. The summed E-state index contributed by atoms with van der Waals surface area (Å²) >= 11 is 0. The smallest absolute Gasteiger partial charge is 0.323 e. The van der Waals surface area contributed by atoms with E-state index >= 15 is 0 Å². The lowest BCUT2D eigenvalue weighted by Gasteiger charge is -2.29. The molecule has 0 aromatic heterocycles. The van der Waals surface area contributed by atoms with Gasteiger partial charge in [0.15, 0.2) is 0 Å². The minimum atomic E-state index is -1.04. The number of nitriles is 1. The molecule has 0 heterocycles. The quantitative estimate of drug-likeness (QED) is 0.751. The Bertz CT molecular complexity index is 298. The number of carboxylic acid groups (broad SMARTS) is 1. The van der Waals surface area contributed by atoms with Crippen molar-refractivity contribution in [3.8, 4) is 6.07 Å². The van der Waals surface area contributed by atoms with Crippen molar-refractivity contribution >= 4 is 12.0 Å². The van der Waals surface area contributed by atoms with Crippen LogP contribution in [-0.2, 0) is 4.79 Å². The highest BCUT2D eigenvalue weighted by Gasteiger charge is 2.22. The topological polar surface area (TPSA) is 84.6 Å². The number of carbonyl (C=O) groups excluding carboxylic acids is 1. The standard InChI is InChI=1S/C10H17N3O3/c1-4-13(7-9(14)15)10(16)12(3)8(2)5-6-11/h8H,4-5,7H2,1-3H3,(H,14,15). The molecule has 0 aromatic rings. The van der Waals surface area contributed by atoms with Crippen molar-refractivity contribution in [1.29, 1.82) is 5.26 Å². The van der Waals surface area contributed by atoms with Crippen LogP contribution < -0.4 is 0 Å². The predicted octanol–water partition coefficient (Wildman–Crippen LogP) is 0.747. The zero-order valence-electron chi connectivity index (χ0n) is 9.80. The van der Waals surface area contributed by atoms with Crippen molar-refractivity contribution in [3.63, 3.8) is 0 Å². The Hall–Kier alpha value is -1.77. The molecule has 1 N–H and O–H groups in total.